The summed E-state index contributed by atoms with van der Waals surface area (Å²) in [4.78, 5) is 22.0. The van der Waals surface area contributed by atoms with Crippen molar-refractivity contribution < 1.29 is 9.72 Å². The molecule has 0 saturated heterocycles. The zero-order valence-corrected chi connectivity index (χ0v) is 13.6. The third kappa shape index (κ3) is 5.72. The molecule has 24 heavy (non-hydrogen) atoms. The average Bonchev–Trinajstić information content (AvgIpc) is 2.57. The number of nitrogens with zero attached hydrogens (tertiary/aromatic N) is 1. The van der Waals surface area contributed by atoms with Crippen LogP contribution in [0, 0.1) is 17.0 Å². The van der Waals surface area contributed by atoms with E-state index in [9.17, 15) is 14.9 Å². The molecule has 0 radical (unpaired) electrons. The molecule has 0 aliphatic rings. The Labute approximate surface area is 141 Å². The highest BCUT2D eigenvalue weighted by Gasteiger charge is 2.04. The molecular formula is C18H21N3O3. The second-order valence-electron chi connectivity index (χ2n) is 5.60. The van der Waals surface area contributed by atoms with Crippen molar-refractivity contribution in [1.29, 1.82) is 0 Å². The van der Waals surface area contributed by atoms with Gasteiger partial charge in [0.25, 0.3) is 5.69 Å². The van der Waals surface area contributed by atoms with Gasteiger partial charge in [0.15, 0.2) is 0 Å². The number of nitro benzene ring substituents is 1. The maximum absolute atomic E-state index is 11.8. The normalized spacial score (nSPS) is 10.2. The van der Waals surface area contributed by atoms with Crippen LogP contribution in [0.15, 0.2) is 48.5 Å². The summed E-state index contributed by atoms with van der Waals surface area (Å²) in [5, 5.41) is 16.6. The fourth-order valence-electron chi connectivity index (χ4n) is 2.29. The summed E-state index contributed by atoms with van der Waals surface area (Å²) in [6, 6.07) is 14.3. The quantitative estimate of drug-likeness (QED) is 0.442. The molecule has 0 spiro atoms. The highest BCUT2D eigenvalue weighted by atomic mass is 16.6. The van der Waals surface area contributed by atoms with Gasteiger partial charge >= 0.3 is 0 Å². The average molecular weight is 327 g/mol. The molecule has 0 fully saturated rings. The molecule has 2 rings (SSSR count). The molecule has 0 aliphatic carbocycles. The number of carbonyl (C=O) groups is 1. The van der Waals surface area contributed by atoms with Crippen molar-refractivity contribution in [1.82, 2.24) is 5.32 Å². The number of anilines is 1. The number of rotatable bonds is 8. The summed E-state index contributed by atoms with van der Waals surface area (Å²) in [5.41, 5.74) is 3.14. The van der Waals surface area contributed by atoms with Crippen molar-refractivity contribution in [3.63, 3.8) is 0 Å². The Morgan fingerprint density at radius 3 is 2.58 bits per heavy atom. The van der Waals surface area contributed by atoms with Gasteiger partial charge < -0.3 is 10.6 Å². The van der Waals surface area contributed by atoms with Crippen molar-refractivity contribution in [2.75, 3.05) is 11.9 Å². The van der Waals surface area contributed by atoms with Crippen molar-refractivity contribution in [3.8, 4) is 0 Å². The van der Waals surface area contributed by atoms with Crippen molar-refractivity contribution in [2.24, 2.45) is 0 Å². The molecule has 1 amide bonds. The first kappa shape index (κ1) is 17.5. The Bertz CT molecular complexity index is 699. The summed E-state index contributed by atoms with van der Waals surface area (Å²) < 4.78 is 0. The molecule has 2 N–H and O–H groups in total. The highest BCUT2D eigenvalue weighted by Crippen LogP contribution is 2.15. The molecule has 6 nitrogen and oxygen atoms in total. The standard InChI is InChI=1S/C18H21N3O3/c1-14-4-2-5-15(12-14)13-20-18(22)6-3-11-19-16-7-9-17(10-8-16)21(23)24/h2,4-5,7-10,12,19H,3,6,11,13H2,1H3,(H,20,22). The summed E-state index contributed by atoms with van der Waals surface area (Å²) in [5.74, 6) is 0.0157. The SMILES string of the molecule is Cc1cccc(CNC(=O)CCCNc2ccc([N+](=O)[O-])cc2)c1. The van der Waals surface area contributed by atoms with Crippen LogP contribution < -0.4 is 10.6 Å². The molecule has 2 aromatic carbocycles. The van der Waals surface area contributed by atoms with E-state index in [1.807, 2.05) is 25.1 Å². The van der Waals surface area contributed by atoms with Gasteiger partial charge in [-0.05, 0) is 31.0 Å². The van der Waals surface area contributed by atoms with Crippen LogP contribution in [0.4, 0.5) is 11.4 Å². The van der Waals surface area contributed by atoms with Gasteiger partial charge in [0.1, 0.15) is 0 Å². The number of hydrogen-bond donors (Lipinski definition) is 2. The lowest BCUT2D eigenvalue weighted by Crippen LogP contribution is -2.23. The van der Waals surface area contributed by atoms with Crippen LogP contribution in [0.1, 0.15) is 24.0 Å². The summed E-state index contributed by atoms with van der Waals surface area (Å²) in [7, 11) is 0. The van der Waals surface area contributed by atoms with E-state index >= 15 is 0 Å². The topological polar surface area (TPSA) is 84.3 Å². The molecule has 6 heteroatoms. The largest absolute Gasteiger partial charge is 0.385 e. The third-order valence-corrected chi connectivity index (χ3v) is 3.56. The van der Waals surface area contributed by atoms with Crippen LogP contribution in [0.5, 0.6) is 0 Å². The van der Waals surface area contributed by atoms with E-state index in [1.54, 1.807) is 12.1 Å². The molecule has 0 aliphatic heterocycles. The number of carbonyl (C=O) groups excluding carboxylic acids is 1. The van der Waals surface area contributed by atoms with Gasteiger partial charge in [0.05, 0.1) is 4.92 Å². The van der Waals surface area contributed by atoms with Crippen LogP contribution in [0.2, 0.25) is 0 Å². The van der Waals surface area contributed by atoms with Gasteiger partial charge in [-0.15, -0.1) is 0 Å². The van der Waals surface area contributed by atoms with Gasteiger partial charge in [0.2, 0.25) is 5.91 Å². The first-order valence-corrected chi connectivity index (χ1v) is 7.85. The minimum Gasteiger partial charge on any atom is -0.385 e. The van der Waals surface area contributed by atoms with Gasteiger partial charge in [0, 0.05) is 37.3 Å². The Morgan fingerprint density at radius 1 is 1.17 bits per heavy atom. The van der Waals surface area contributed by atoms with E-state index in [4.69, 9.17) is 0 Å². The molecule has 0 saturated carbocycles. The van der Waals surface area contributed by atoms with Crippen molar-refractivity contribution in [2.45, 2.75) is 26.3 Å². The third-order valence-electron chi connectivity index (χ3n) is 3.56. The van der Waals surface area contributed by atoms with E-state index in [2.05, 4.69) is 16.7 Å². The zero-order valence-electron chi connectivity index (χ0n) is 13.6. The lowest BCUT2D eigenvalue weighted by Gasteiger charge is -2.08. The molecule has 0 unspecified atom stereocenters. The lowest BCUT2D eigenvalue weighted by atomic mass is 10.1. The molecule has 0 heterocycles. The first-order chi connectivity index (χ1) is 11.5. The van der Waals surface area contributed by atoms with Gasteiger partial charge in [-0.1, -0.05) is 29.8 Å². The van der Waals surface area contributed by atoms with Crippen LogP contribution in [-0.4, -0.2) is 17.4 Å². The summed E-state index contributed by atoms with van der Waals surface area (Å²) in [6.07, 6.45) is 1.13. The Morgan fingerprint density at radius 2 is 1.92 bits per heavy atom. The van der Waals surface area contributed by atoms with Crippen molar-refractivity contribution >= 4 is 17.3 Å². The predicted octanol–water partition coefficient (Wildman–Crippen LogP) is 3.41. The van der Waals surface area contributed by atoms with E-state index in [-0.39, 0.29) is 11.6 Å². The van der Waals surface area contributed by atoms with Crippen LogP contribution in [-0.2, 0) is 11.3 Å². The fraction of sp³-hybridized carbons (Fsp3) is 0.278. The maximum atomic E-state index is 11.8. The summed E-state index contributed by atoms with van der Waals surface area (Å²) >= 11 is 0. The smallest absolute Gasteiger partial charge is 0.269 e. The van der Waals surface area contributed by atoms with E-state index in [0.29, 0.717) is 25.9 Å². The van der Waals surface area contributed by atoms with E-state index < -0.39 is 4.92 Å². The van der Waals surface area contributed by atoms with Gasteiger partial charge in [-0.3, -0.25) is 14.9 Å². The minimum atomic E-state index is -0.428. The fourth-order valence-corrected chi connectivity index (χ4v) is 2.29. The number of hydrogen-bond acceptors (Lipinski definition) is 4. The molecule has 126 valence electrons. The number of amides is 1. The van der Waals surface area contributed by atoms with Gasteiger partial charge in [-0.2, -0.15) is 0 Å². The number of benzene rings is 2. The second-order valence-corrected chi connectivity index (χ2v) is 5.60. The number of aryl methyl sites for hydroxylation is 1. The Hall–Kier alpha value is -2.89. The molecule has 0 aromatic heterocycles. The Kier molecular flexibility index (Phi) is 6.31. The monoisotopic (exact) mass is 327 g/mol. The molecule has 0 atom stereocenters. The van der Waals surface area contributed by atoms with Crippen LogP contribution in [0.3, 0.4) is 0 Å². The molecule has 2 aromatic rings. The number of nitrogens with one attached hydrogen (secondary N) is 2. The molecule has 0 bridgehead atoms. The Balaban J connectivity index is 1.64. The summed E-state index contributed by atoms with van der Waals surface area (Å²) in [6.45, 7) is 3.20. The van der Waals surface area contributed by atoms with Gasteiger partial charge in [-0.25, -0.2) is 0 Å². The van der Waals surface area contributed by atoms with Crippen molar-refractivity contribution in [3.05, 3.63) is 69.8 Å². The lowest BCUT2D eigenvalue weighted by molar-refractivity contribution is -0.384. The highest BCUT2D eigenvalue weighted by molar-refractivity contribution is 5.75. The molecular weight excluding hydrogens is 306 g/mol. The van der Waals surface area contributed by atoms with E-state index in [0.717, 1.165) is 11.3 Å². The number of non-ortho nitro benzene ring substituents is 1. The van der Waals surface area contributed by atoms with Crippen LogP contribution in [0.25, 0.3) is 0 Å². The zero-order chi connectivity index (χ0) is 17.4. The number of nitro groups is 1. The second kappa shape index (κ2) is 8.67. The van der Waals surface area contributed by atoms with E-state index in [1.165, 1.54) is 17.7 Å². The first-order valence-electron chi connectivity index (χ1n) is 7.85. The maximum Gasteiger partial charge on any atom is 0.269 e. The minimum absolute atomic E-state index is 0.0157. The van der Waals surface area contributed by atoms with Crippen LogP contribution >= 0.6 is 0 Å². The predicted molar refractivity (Wildman–Crippen MR) is 93.8 cm³/mol.